The van der Waals surface area contributed by atoms with Crippen LogP contribution in [0.5, 0.6) is 5.75 Å². The maximum absolute atomic E-state index is 13.8. The lowest BCUT2D eigenvalue weighted by Gasteiger charge is -2.40. The summed E-state index contributed by atoms with van der Waals surface area (Å²) < 4.78 is 7.15. The van der Waals surface area contributed by atoms with E-state index in [1.807, 2.05) is 49.4 Å². The van der Waals surface area contributed by atoms with E-state index in [0.717, 1.165) is 31.7 Å². The van der Waals surface area contributed by atoms with Crippen LogP contribution in [0.3, 0.4) is 0 Å². The van der Waals surface area contributed by atoms with Gasteiger partial charge < -0.3 is 19.0 Å². The van der Waals surface area contributed by atoms with E-state index in [4.69, 9.17) is 4.42 Å². The summed E-state index contributed by atoms with van der Waals surface area (Å²) in [5, 5.41) is 11.0. The number of rotatable bonds is 6. The lowest BCUT2D eigenvalue weighted by Crippen LogP contribution is -2.49. The Labute approximate surface area is 198 Å². The Morgan fingerprint density at radius 2 is 1.82 bits per heavy atom. The number of aromatic nitrogens is 2. The van der Waals surface area contributed by atoms with Crippen molar-refractivity contribution >= 4 is 5.69 Å². The molecule has 1 aromatic carbocycles. The lowest BCUT2D eigenvalue weighted by atomic mass is 9.97. The molecule has 0 radical (unpaired) electrons. The number of furan rings is 1. The predicted molar refractivity (Wildman–Crippen MR) is 131 cm³/mol. The Morgan fingerprint density at radius 1 is 1.03 bits per heavy atom. The number of nitrogens with zero attached hydrogens (tertiary/aromatic N) is 4. The van der Waals surface area contributed by atoms with Gasteiger partial charge in [0.2, 0.25) is 0 Å². The predicted octanol–water partition coefficient (Wildman–Crippen LogP) is 3.81. The molecule has 1 fully saturated rings. The largest absolute Gasteiger partial charge is 0.507 e. The quantitative estimate of drug-likeness (QED) is 0.476. The van der Waals surface area contributed by atoms with Gasteiger partial charge >= 0.3 is 0 Å². The summed E-state index contributed by atoms with van der Waals surface area (Å²) >= 11 is 0. The number of anilines is 1. The molecule has 0 saturated carbocycles. The van der Waals surface area contributed by atoms with Gasteiger partial charge in [0, 0.05) is 50.0 Å². The zero-order valence-corrected chi connectivity index (χ0v) is 19.2. The minimum Gasteiger partial charge on any atom is -0.507 e. The first kappa shape index (κ1) is 22.0. The van der Waals surface area contributed by atoms with E-state index in [1.165, 1.54) is 5.69 Å². The number of hydrogen-bond donors (Lipinski definition) is 1. The van der Waals surface area contributed by atoms with E-state index in [0.29, 0.717) is 23.6 Å². The molecule has 1 aliphatic heterocycles. The highest BCUT2D eigenvalue weighted by atomic mass is 16.3. The molecule has 174 valence electrons. The molecule has 1 atom stereocenters. The number of pyridine rings is 2. The molecule has 4 aromatic rings. The Balaban J connectivity index is 1.52. The van der Waals surface area contributed by atoms with Gasteiger partial charge in [0.05, 0.1) is 24.4 Å². The van der Waals surface area contributed by atoms with Gasteiger partial charge in [0.15, 0.2) is 0 Å². The van der Waals surface area contributed by atoms with Gasteiger partial charge in [-0.1, -0.05) is 24.3 Å². The fourth-order valence-corrected chi connectivity index (χ4v) is 4.76. The maximum Gasteiger partial charge on any atom is 0.260 e. The second kappa shape index (κ2) is 9.57. The highest BCUT2D eigenvalue weighted by molar-refractivity contribution is 5.47. The van der Waals surface area contributed by atoms with Crippen molar-refractivity contribution in [1.82, 2.24) is 14.5 Å². The molecule has 0 spiro atoms. The molecule has 34 heavy (non-hydrogen) atoms. The first-order chi connectivity index (χ1) is 16.6. The molecule has 0 bridgehead atoms. The molecule has 0 amide bonds. The summed E-state index contributed by atoms with van der Waals surface area (Å²) in [7, 11) is 0. The molecule has 1 saturated heterocycles. The summed E-state index contributed by atoms with van der Waals surface area (Å²) in [6.07, 6.45) is 5.10. The van der Waals surface area contributed by atoms with E-state index in [2.05, 4.69) is 26.9 Å². The number of para-hydroxylation sites is 1. The van der Waals surface area contributed by atoms with Crippen LogP contribution in [0.15, 0.2) is 88.5 Å². The van der Waals surface area contributed by atoms with E-state index >= 15 is 0 Å². The summed E-state index contributed by atoms with van der Waals surface area (Å²) in [4.78, 5) is 22.7. The summed E-state index contributed by atoms with van der Waals surface area (Å²) in [5.74, 6) is 0.703. The average Bonchev–Trinajstić information content (AvgIpc) is 3.39. The van der Waals surface area contributed by atoms with E-state index in [1.54, 1.807) is 29.3 Å². The number of benzene rings is 1. The zero-order valence-electron chi connectivity index (χ0n) is 19.2. The van der Waals surface area contributed by atoms with Crippen molar-refractivity contribution < 1.29 is 9.52 Å². The molecule has 5 rings (SSSR count). The van der Waals surface area contributed by atoms with Gasteiger partial charge in [0.1, 0.15) is 11.5 Å². The maximum atomic E-state index is 13.8. The van der Waals surface area contributed by atoms with Gasteiger partial charge in [0.25, 0.3) is 5.56 Å². The normalized spacial score (nSPS) is 15.4. The molecular formula is C27H28N4O3. The molecule has 3 aromatic heterocycles. The van der Waals surface area contributed by atoms with Crippen molar-refractivity contribution in [3.05, 3.63) is 112 Å². The van der Waals surface area contributed by atoms with Crippen LogP contribution in [0.4, 0.5) is 5.69 Å². The van der Waals surface area contributed by atoms with Crippen molar-refractivity contribution in [3.63, 3.8) is 0 Å². The van der Waals surface area contributed by atoms with Gasteiger partial charge in [-0.25, -0.2) is 0 Å². The van der Waals surface area contributed by atoms with Crippen LogP contribution in [-0.4, -0.2) is 45.7 Å². The topological polar surface area (TPSA) is 74.7 Å². The second-order valence-corrected chi connectivity index (χ2v) is 8.60. The number of hydrogen-bond acceptors (Lipinski definition) is 6. The first-order valence-corrected chi connectivity index (χ1v) is 11.5. The van der Waals surface area contributed by atoms with Crippen LogP contribution in [-0.2, 0) is 6.54 Å². The Kier molecular flexibility index (Phi) is 6.18. The third kappa shape index (κ3) is 4.34. The number of aryl methyl sites for hydroxylation is 1. The van der Waals surface area contributed by atoms with E-state index in [9.17, 15) is 9.90 Å². The minimum absolute atomic E-state index is 0.0116. The number of piperazine rings is 1. The molecule has 0 unspecified atom stereocenters. The molecule has 0 aliphatic carbocycles. The monoisotopic (exact) mass is 456 g/mol. The number of aromatic hydroxyl groups is 1. The molecule has 1 aliphatic rings. The van der Waals surface area contributed by atoms with Gasteiger partial charge in [-0.3, -0.25) is 14.7 Å². The van der Waals surface area contributed by atoms with Crippen molar-refractivity contribution in [2.75, 3.05) is 31.1 Å². The van der Waals surface area contributed by atoms with Crippen LogP contribution >= 0.6 is 0 Å². The van der Waals surface area contributed by atoms with Crippen molar-refractivity contribution in [2.24, 2.45) is 0 Å². The van der Waals surface area contributed by atoms with Crippen LogP contribution in [0.25, 0.3) is 0 Å². The fraction of sp³-hybridized carbons (Fsp3) is 0.259. The minimum atomic E-state index is -0.400. The Morgan fingerprint density at radius 3 is 2.50 bits per heavy atom. The highest BCUT2D eigenvalue weighted by Crippen LogP contribution is 2.33. The third-order valence-electron chi connectivity index (χ3n) is 6.49. The highest BCUT2D eigenvalue weighted by Gasteiger charge is 2.31. The molecule has 7 heteroatoms. The third-order valence-corrected chi connectivity index (χ3v) is 6.49. The van der Waals surface area contributed by atoms with Crippen molar-refractivity contribution in [3.8, 4) is 5.75 Å². The van der Waals surface area contributed by atoms with Crippen molar-refractivity contribution in [2.45, 2.75) is 19.5 Å². The SMILES string of the molecule is Cc1cc(O)c([C@H](c2cccnc2)N2CCN(c3ccccc3)CC2)c(=O)n1Cc1ccco1. The van der Waals surface area contributed by atoms with Crippen LogP contribution in [0.2, 0.25) is 0 Å². The summed E-state index contributed by atoms with van der Waals surface area (Å²) in [6.45, 7) is 5.29. The molecule has 1 N–H and O–H groups in total. The second-order valence-electron chi connectivity index (χ2n) is 8.60. The van der Waals surface area contributed by atoms with Crippen LogP contribution < -0.4 is 10.5 Å². The summed E-state index contributed by atoms with van der Waals surface area (Å²) in [6, 6.07) is 19.1. The van der Waals surface area contributed by atoms with Gasteiger partial charge in [-0.15, -0.1) is 0 Å². The molecular weight excluding hydrogens is 428 g/mol. The van der Waals surface area contributed by atoms with E-state index < -0.39 is 6.04 Å². The standard InChI is InChI=1S/C27H28N4O3/c1-20-17-24(32)25(27(33)31(20)19-23-10-6-16-34-23)26(21-7-5-11-28-18-21)30-14-12-29(13-15-30)22-8-3-2-4-9-22/h2-11,16-18,26,32H,12-15,19H2,1H3/t26-/m0/s1. The van der Waals surface area contributed by atoms with Crippen molar-refractivity contribution in [1.29, 1.82) is 0 Å². The summed E-state index contributed by atoms with van der Waals surface area (Å²) in [5.41, 5.74) is 2.92. The van der Waals surface area contributed by atoms with Crippen LogP contribution in [0.1, 0.15) is 28.6 Å². The van der Waals surface area contributed by atoms with Gasteiger partial charge in [-0.05, 0) is 48.9 Å². The van der Waals surface area contributed by atoms with Gasteiger partial charge in [-0.2, -0.15) is 0 Å². The lowest BCUT2D eigenvalue weighted by molar-refractivity contribution is 0.207. The van der Waals surface area contributed by atoms with E-state index in [-0.39, 0.29) is 11.3 Å². The first-order valence-electron chi connectivity index (χ1n) is 11.5. The molecule has 7 nitrogen and oxygen atoms in total. The Bertz CT molecular complexity index is 1280. The Hall–Kier alpha value is -3.84. The van der Waals surface area contributed by atoms with Crippen LogP contribution in [0, 0.1) is 6.92 Å². The smallest absolute Gasteiger partial charge is 0.260 e. The molecule has 4 heterocycles. The zero-order chi connectivity index (χ0) is 23.5. The fourth-order valence-electron chi connectivity index (χ4n) is 4.76. The average molecular weight is 457 g/mol.